The summed E-state index contributed by atoms with van der Waals surface area (Å²) >= 11 is 0. The molecule has 0 bridgehead atoms. The van der Waals surface area contributed by atoms with E-state index in [2.05, 4.69) is 74.5 Å². The molecule has 0 radical (unpaired) electrons. The van der Waals surface area contributed by atoms with Gasteiger partial charge in [0.25, 0.3) is 0 Å². The fraction of sp³-hybridized carbons (Fsp3) is 0.442. The van der Waals surface area contributed by atoms with E-state index in [-0.39, 0.29) is 0 Å². The molecule has 4 rings (SSSR count). The molecule has 4 aromatic carbocycles. The number of hydrogen-bond donors (Lipinski definition) is 2. The van der Waals surface area contributed by atoms with E-state index in [1.165, 1.54) is 128 Å². The molecule has 45 heavy (non-hydrogen) atoms. The van der Waals surface area contributed by atoms with Crippen LogP contribution in [0.4, 0.5) is 11.4 Å². The molecule has 0 saturated carbocycles. The van der Waals surface area contributed by atoms with Crippen LogP contribution in [0.1, 0.15) is 129 Å². The van der Waals surface area contributed by atoms with Crippen LogP contribution in [-0.4, -0.2) is 0 Å². The van der Waals surface area contributed by atoms with Gasteiger partial charge in [0.05, 0.1) is 0 Å². The van der Waals surface area contributed by atoms with Crippen LogP contribution in [0, 0.1) is 0 Å². The van der Waals surface area contributed by atoms with Gasteiger partial charge in [-0.1, -0.05) is 132 Å². The number of nitrogens with two attached hydrogens (primary N) is 2. The first-order valence-corrected chi connectivity index (χ1v) is 17.9. The van der Waals surface area contributed by atoms with Crippen LogP contribution in [-0.2, 0) is 38.5 Å². The highest BCUT2D eigenvalue weighted by Gasteiger charge is 2.06. The van der Waals surface area contributed by atoms with Gasteiger partial charge in [-0.3, -0.25) is 0 Å². The minimum atomic E-state index is 0.835. The molecule has 2 nitrogen and oxygen atoms in total. The molecule has 0 aliphatic rings. The van der Waals surface area contributed by atoms with Crippen molar-refractivity contribution < 1.29 is 0 Å². The van der Waals surface area contributed by atoms with Gasteiger partial charge in [0.15, 0.2) is 0 Å². The average Bonchev–Trinajstić information content (AvgIpc) is 3.06. The minimum Gasteiger partial charge on any atom is -0.399 e. The number of aryl methyl sites for hydroxylation is 4. The highest BCUT2D eigenvalue weighted by molar-refractivity contribution is 5.43. The summed E-state index contributed by atoms with van der Waals surface area (Å²) in [6.45, 7) is 4.55. The topological polar surface area (TPSA) is 52.0 Å². The molecule has 4 N–H and O–H groups in total. The van der Waals surface area contributed by atoms with Gasteiger partial charge in [0, 0.05) is 11.4 Å². The van der Waals surface area contributed by atoms with Crippen molar-refractivity contribution in [1.82, 2.24) is 0 Å². The summed E-state index contributed by atoms with van der Waals surface area (Å²) in [5, 5.41) is 0. The highest BCUT2D eigenvalue weighted by Crippen LogP contribution is 2.22. The van der Waals surface area contributed by atoms with Gasteiger partial charge in [0.2, 0.25) is 0 Å². The Morgan fingerprint density at radius 1 is 0.356 bits per heavy atom. The van der Waals surface area contributed by atoms with Crippen LogP contribution in [0.2, 0.25) is 0 Å². The highest BCUT2D eigenvalue weighted by atomic mass is 14.5. The van der Waals surface area contributed by atoms with Gasteiger partial charge in [0.1, 0.15) is 0 Å². The fourth-order valence-corrected chi connectivity index (χ4v) is 6.63. The first kappa shape index (κ1) is 34.4. The third kappa shape index (κ3) is 12.1. The predicted octanol–water partition coefficient (Wildman–Crippen LogP) is 11.2. The van der Waals surface area contributed by atoms with E-state index in [9.17, 15) is 0 Å². The van der Waals surface area contributed by atoms with E-state index in [0.717, 1.165) is 37.1 Å². The van der Waals surface area contributed by atoms with Crippen LogP contribution in [0.5, 0.6) is 0 Å². The standard InChI is InChI=1S/C43H58N2/c1-3-38-30-34(18-24-40(38)32-36-20-26-42(44)27-21-36)16-14-12-10-8-6-5-7-9-11-13-15-17-35-19-25-41(39(4-2)31-35)33-37-22-28-43(45)29-23-37/h18-31H,3-17,32-33,44-45H2,1-2H3. The molecule has 0 heterocycles. The monoisotopic (exact) mass is 602 g/mol. The number of nitrogen functional groups attached to an aromatic ring is 2. The number of rotatable bonds is 20. The van der Waals surface area contributed by atoms with E-state index in [0.29, 0.717) is 0 Å². The third-order valence-corrected chi connectivity index (χ3v) is 9.48. The second-order valence-corrected chi connectivity index (χ2v) is 13.1. The van der Waals surface area contributed by atoms with Gasteiger partial charge in [-0.05, 0) is 120 Å². The molecule has 0 amide bonds. The molecule has 4 aromatic rings. The van der Waals surface area contributed by atoms with Gasteiger partial charge >= 0.3 is 0 Å². The molecule has 0 saturated heterocycles. The summed E-state index contributed by atoms with van der Waals surface area (Å²) in [5.41, 5.74) is 25.0. The molecule has 0 aliphatic carbocycles. The molecule has 0 unspecified atom stereocenters. The van der Waals surface area contributed by atoms with Crippen LogP contribution in [0.15, 0.2) is 84.9 Å². The van der Waals surface area contributed by atoms with Crippen molar-refractivity contribution >= 4 is 11.4 Å². The van der Waals surface area contributed by atoms with Crippen LogP contribution in [0.25, 0.3) is 0 Å². The largest absolute Gasteiger partial charge is 0.399 e. The first-order chi connectivity index (χ1) is 22.0. The Morgan fingerprint density at radius 2 is 0.667 bits per heavy atom. The number of anilines is 2. The number of hydrogen-bond acceptors (Lipinski definition) is 2. The Bertz CT molecular complexity index is 1290. The molecular formula is C43H58N2. The molecule has 0 spiro atoms. The van der Waals surface area contributed by atoms with Crippen LogP contribution in [0.3, 0.4) is 0 Å². The Hall–Kier alpha value is -3.52. The molecule has 0 aromatic heterocycles. The van der Waals surface area contributed by atoms with Crippen molar-refractivity contribution in [3.63, 3.8) is 0 Å². The van der Waals surface area contributed by atoms with E-state index < -0.39 is 0 Å². The van der Waals surface area contributed by atoms with Crippen molar-refractivity contribution in [2.45, 2.75) is 123 Å². The minimum absolute atomic E-state index is 0.835. The smallest absolute Gasteiger partial charge is 0.0314 e. The normalized spacial score (nSPS) is 11.2. The lowest BCUT2D eigenvalue weighted by molar-refractivity contribution is 0.545. The van der Waals surface area contributed by atoms with Gasteiger partial charge < -0.3 is 11.5 Å². The Balaban J connectivity index is 1.01. The summed E-state index contributed by atoms with van der Waals surface area (Å²) in [7, 11) is 0. The predicted molar refractivity (Wildman–Crippen MR) is 197 cm³/mol. The van der Waals surface area contributed by atoms with E-state index >= 15 is 0 Å². The summed E-state index contributed by atoms with van der Waals surface area (Å²) < 4.78 is 0. The molecule has 0 atom stereocenters. The summed E-state index contributed by atoms with van der Waals surface area (Å²) in [5.74, 6) is 0. The van der Waals surface area contributed by atoms with Crippen molar-refractivity contribution in [2.24, 2.45) is 0 Å². The van der Waals surface area contributed by atoms with Crippen LogP contribution < -0.4 is 11.5 Å². The Labute approximate surface area is 274 Å². The zero-order valence-corrected chi connectivity index (χ0v) is 28.3. The molecule has 240 valence electrons. The molecule has 0 fully saturated rings. The molecular weight excluding hydrogens is 544 g/mol. The van der Waals surface area contributed by atoms with Gasteiger partial charge in [-0.25, -0.2) is 0 Å². The van der Waals surface area contributed by atoms with E-state index in [4.69, 9.17) is 11.5 Å². The average molecular weight is 603 g/mol. The SMILES string of the molecule is CCc1cc(CCCCCCCCCCCCCc2ccc(Cc3ccc(N)cc3)c(CC)c2)ccc1Cc1ccc(N)cc1. The van der Waals surface area contributed by atoms with Crippen molar-refractivity contribution in [3.05, 3.63) is 129 Å². The van der Waals surface area contributed by atoms with Crippen LogP contribution >= 0.6 is 0 Å². The first-order valence-electron chi connectivity index (χ1n) is 17.9. The summed E-state index contributed by atoms with van der Waals surface area (Å²) in [6.07, 6.45) is 21.7. The lowest BCUT2D eigenvalue weighted by Gasteiger charge is -2.11. The van der Waals surface area contributed by atoms with E-state index in [1.807, 2.05) is 24.3 Å². The quantitative estimate of drug-likeness (QED) is 0.0781. The maximum absolute atomic E-state index is 5.85. The lowest BCUT2D eigenvalue weighted by atomic mass is 9.94. The molecule has 2 heteroatoms. The van der Waals surface area contributed by atoms with Gasteiger partial charge in [-0.2, -0.15) is 0 Å². The summed E-state index contributed by atoms with van der Waals surface area (Å²) in [4.78, 5) is 0. The number of unbranched alkanes of at least 4 members (excludes halogenated alkanes) is 10. The maximum Gasteiger partial charge on any atom is 0.0314 e. The Kier molecular flexibility index (Phi) is 14.6. The third-order valence-electron chi connectivity index (χ3n) is 9.48. The van der Waals surface area contributed by atoms with E-state index in [1.54, 1.807) is 0 Å². The fourth-order valence-electron chi connectivity index (χ4n) is 6.63. The van der Waals surface area contributed by atoms with Crippen molar-refractivity contribution in [1.29, 1.82) is 0 Å². The zero-order valence-electron chi connectivity index (χ0n) is 28.3. The molecule has 0 aliphatic heterocycles. The zero-order chi connectivity index (χ0) is 31.7. The van der Waals surface area contributed by atoms with Gasteiger partial charge in [-0.15, -0.1) is 0 Å². The maximum atomic E-state index is 5.85. The van der Waals surface area contributed by atoms with Crippen molar-refractivity contribution in [3.8, 4) is 0 Å². The second-order valence-electron chi connectivity index (χ2n) is 13.1. The Morgan fingerprint density at radius 3 is 1.00 bits per heavy atom. The second kappa shape index (κ2) is 19.1. The summed E-state index contributed by atoms with van der Waals surface area (Å²) in [6, 6.07) is 31.0. The number of benzene rings is 4. The lowest BCUT2D eigenvalue weighted by Crippen LogP contribution is -1.98. The van der Waals surface area contributed by atoms with Crippen molar-refractivity contribution in [2.75, 3.05) is 11.5 Å².